The first-order valence-electron chi connectivity index (χ1n) is 8.54. The lowest BCUT2D eigenvalue weighted by atomic mass is 10.1. The zero-order valence-electron chi connectivity index (χ0n) is 14.1. The molecule has 4 rings (SSSR count). The van der Waals surface area contributed by atoms with Gasteiger partial charge in [-0.1, -0.05) is 12.1 Å². The van der Waals surface area contributed by atoms with Crippen molar-refractivity contribution in [3.05, 3.63) is 60.2 Å². The summed E-state index contributed by atoms with van der Waals surface area (Å²) in [5.41, 5.74) is 3.39. The number of halogens is 1. The number of anilines is 1. The van der Waals surface area contributed by atoms with Crippen LogP contribution in [0.25, 0.3) is 16.8 Å². The Morgan fingerprint density at radius 2 is 1.77 bits per heavy atom. The summed E-state index contributed by atoms with van der Waals surface area (Å²) in [6.07, 6.45) is 6.35. The van der Waals surface area contributed by atoms with Crippen molar-refractivity contribution in [2.75, 3.05) is 18.0 Å². The van der Waals surface area contributed by atoms with Gasteiger partial charge in [-0.05, 0) is 36.6 Å². The molecule has 6 heteroatoms. The van der Waals surface area contributed by atoms with Gasteiger partial charge in [0.1, 0.15) is 0 Å². The molecule has 0 atom stereocenters. The summed E-state index contributed by atoms with van der Waals surface area (Å²) in [5.74, 6) is -1.50. The highest BCUT2D eigenvalue weighted by atomic mass is 19.1. The highest BCUT2D eigenvalue weighted by molar-refractivity contribution is 5.80. The summed E-state index contributed by atoms with van der Waals surface area (Å²) in [5, 5.41) is 13.8. The molecule has 3 aromatic rings. The summed E-state index contributed by atoms with van der Waals surface area (Å²) in [6, 6.07) is 10.8. The Labute approximate surface area is 150 Å². The van der Waals surface area contributed by atoms with E-state index >= 15 is 0 Å². The number of nitrogens with zero attached hydrogens (tertiary/aromatic N) is 3. The molecule has 1 aromatic heterocycles. The van der Waals surface area contributed by atoms with Crippen LogP contribution in [0.15, 0.2) is 48.8 Å². The molecule has 26 heavy (non-hydrogen) atoms. The predicted molar refractivity (Wildman–Crippen MR) is 97.5 cm³/mol. The van der Waals surface area contributed by atoms with Crippen molar-refractivity contribution < 1.29 is 14.3 Å². The molecular formula is C20H18FN3O2. The number of aromatic hydroxyl groups is 1. The molecule has 0 aliphatic carbocycles. The Morgan fingerprint density at radius 3 is 2.46 bits per heavy atom. The number of carbonyl (C=O) groups excluding carboxylic acids is 1. The van der Waals surface area contributed by atoms with Gasteiger partial charge in [0, 0.05) is 36.6 Å². The van der Waals surface area contributed by atoms with Crippen LogP contribution >= 0.6 is 0 Å². The monoisotopic (exact) mass is 351 g/mol. The number of phenols is 1. The minimum absolute atomic E-state index is 0.105. The Balaban J connectivity index is 1.62. The van der Waals surface area contributed by atoms with Crippen LogP contribution in [0.2, 0.25) is 0 Å². The summed E-state index contributed by atoms with van der Waals surface area (Å²) in [7, 11) is 0. The molecule has 1 saturated heterocycles. The number of aromatic nitrogens is 2. The van der Waals surface area contributed by atoms with Crippen LogP contribution in [0.5, 0.6) is 5.75 Å². The van der Waals surface area contributed by atoms with Crippen LogP contribution in [0.4, 0.5) is 10.1 Å². The average Bonchev–Trinajstić information content (AvgIpc) is 3.36. The van der Waals surface area contributed by atoms with Crippen molar-refractivity contribution in [2.24, 2.45) is 0 Å². The summed E-state index contributed by atoms with van der Waals surface area (Å²) < 4.78 is 15.3. The SMILES string of the molecule is O=Cc1cc(-n2cc(-c3ccc(N4CCCC4)cc3)cn2)cc(F)c1O. The van der Waals surface area contributed by atoms with Gasteiger partial charge < -0.3 is 10.0 Å². The molecule has 132 valence electrons. The smallest absolute Gasteiger partial charge is 0.167 e. The lowest BCUT2D eigenvalue weighted by molar-refractivity contribution is 0.112. The van der Waals surface area contributed by atoms with Crippen molar-refractivity contribution >= 4 is 12.0 Å². The lowest BCUT2D eigenvalue weighted by Gasteiger charge is -2.17. The Morgan fingerprint density at radius 1 is 1.04 bits per heavy atom. The molecule has 0 radical (unpaired) electrons. The first kappa shape index (κ1) is 16.3. The van der Waals surface area contributed by atoms with E-state index in [2.05, 4.69) is 22.1 Å². The van der Waals surface area contributed by atoms with Gasteiger partial charge in [0.05, 0.1) is 17.4 Å². The standard InChI is InChI=1S/C20H18FN3O2/c21-19-10-18(9-15(13-25)20(19)26)24-12-16(11-22-24)14-3-5-17(6-4-14)23-7-1-2-8-23/h3-6,9-13,26H,1-2,7-8H2. The van der Waals surface area contributed by atoms with Crippen molar-refractivity contribution in [3.8, 4) is 22.6 Å². The van der Waals surface area contributed by atoms with E-state index < -0.39 is 11.6 Å². The third-order valence-electron chi connectivity index (χ3n) is 4.72. The van der Waals surface area contributed by atoms with Gasteiger partial charge in [-0.25, -0.2) is 9.07 Å². The fourth-order valence-electron chi connectivity index (χ4n) is 3.28. The van der Waals surface area contributed by atoms with Crippen LogP contribution in [0, 0.1) is 5.82 Å². The molecule has 2 aromatic carbocycles. The molecule has 1 N–H and O–H groups in total. The summed E-state index contributed by atoms with van der Waals surface area (Å²) in [4.78, 5) is 13.3. The number of phenolic OH excluding ortho intramolecular Hbond substituents is 1. The van der Waals surface area contributed by atoms with Gasteiger partial charge in [-0.2, -0.15) is 5.10 Å². The van der Waals surface area contributed by atoms with E-state index in [1.165, 1.54) is 29.3 Å². The molecule has 0 spiro atoms. The van der Waals surface area contributed by atoms with Gasteiger partial charge in [-0.15, -0.1) is 0 Å². The Hall–Kier alpha value is -3.15. The average molecular weight is 351 g/mol. The van der Waals surface area contributed by atoms with Gasteiger partial charge in [0.2, 0.25) is 0 Å². The zero-order chi connectivity index (χ0) is 18.1. The van der Waals surface area contributed by atoms with Gasteiger partial charge in [0.15, 0.2) is 17.9 Å². The van der Waals surface area contributed by atoms with E-state index in [4.69, 9.17) is 0 Å². The number of hydrogen-bond donors (Lipinski definition) is 1. The topological polar surface area (TPSA) is 58.4 Å². The third-order valence-corrected chi connectivity index (χ3v) is 4.72. The summed E-state index contributed by atoms with van der Waals surface area (Å²) >= 11 is 0. The van der Waals surface area contributed by atoms with Crippen LogP contribution in [0.1, 0.15) is 23.2 Å². The molecule has 1 aliphatic heterocycles. The predicted octanol–water partition coefficient (Wildman–Crippen LogP) is 3.80. The van der Waals surface area contributed by atoms with E-state index in [0.717, 1.165) is 30.3 Å². The maximum absolute atomic E-state index is 13.8. The first-order valence-corrected chi connectivity index (χ1v) is 8.54. The van der Waals surface area contributed by atoms with Crippen LogP contribution < -0.4 is 4.90 Å². The molecule has 0 unspecified atom stereocenters. The van der Waals surface area contributed by atoms with Crippen molar-refractivity contribution in [2.45, 2.75) is 12.8 Å². The minimum Gasteiger partial charge on any atom is -0.504 e. The highest BCUT2D eigenvalue weighted by Gasteiger charge is 2.13. The summed E-state index contributed by atoms with van der Waals surface area (Å²) in [6.45, 7) is 2.20. The number of benzene rings is 2. The molecule has 0 saturated carbocycles. The van der Waals surface area contributed by atoms with Crippen molar-refractivity contribution in [3.63, 3.8) is 0 Å². The van der Waals surface area contributed by atoms with E-state index in [-0.39, 0.29) is 5.56 Å². The minimum atomic E-state index is -0.850. The Kier molecular flexibility index (Phi) is 4.16. The Bertz CT molecular complexity index is 944. The third kappa shape index (κ3) is 2.94. The number of hydrogen-bond acceptors (Lipinski definition) is 4. The van der Waals surface area contributed by atoms with Crippen LogP contribution in [0.3, 0.4) is 0 Å². The van der Waals surface area contributed by atoms with Gasteiger partial charge in [-0.3, -0.25) is 4.79 Å². The van der Waals surface area contributed by atoms with Gasteiger partial charge >= 0.3 is 0 Å². The second kappa shape index (κ2) is 6.63. The van der Waals surface area contributed by atoms with Crippen molar-refractivity contribution in [1.29, 1.82) is 0 Å². The lowest BCUT2D eigenvalue weighted by Crippen LogP contribution is -2.17. The van der Waals surface area contributed by atoms with Crippen LogP contribution in [-0.2, 0) is 0 Å². The van der Waals surface area contributed by atoms with E-state index in [1.807, 2.05) is 12.1 Å². The number of rotatable bonds is 4. The fraction of sp³-hybridized carbons (Fsp3) is 0.200. The van der Waals surface area contributed by atoms with E-state index in [9.17, 15) is 14.3 Å². The fourth-order valence-corrected chi connectivity index (χ4v) is 3.28. The molecule has 0 bridgehead atoms. The molecule has 5 nitrogen and oxygen atoms in total. The molecule has 1 fully saturated rings. The maximum Gasteiger partial charge on any atom is 0.167 e. The number of aldehydes is 1. The second-order valence-electron chi connectivity index (χ2n) is 6.40. The maximum atomic E-state index is 13.8. The second-order valence-corrected chi connectivity index (χ2v) is 6.40. The van der Waals surface area contributed by atoms with Crippen molar-refractivity contribution in [1.82, 2.24) is 9.78 Å². The van der Waals surface area contributed by atoms with Crippen LogP contribution in [-0.4, -0.2) is 34.3 Å². The molecule has 0 amide bonds. The van der Waals surface area contributed by atoms with E-state index in [0.29, 0.717) is 12.0 Å². The van der Waals surface area contributed by atoms with E-state index in [1.54, 1.807) is 12.4 Å². The highest BCUT2D eigenvalue weighted by Crippen LogP contribution is 2.27. The first-order chi connectivity index (χ1) is 12.7. The molecule has 1 aliphatic rings. The number of carbonyl (C=O) groups is 1. The molecular weight excluding hydrogens is 333 g/mol. The largest absolute Gasteiger partial charge is 0.504 e. The zero-order valence-corrected chi connectivity index (χ0v) is 14.1. The van der Waals surface area contributed by atoms with Gasteiger partial charge in [0.25, 0.3) is 0 Å². The normalized spacial score (nSPS) is 14.0. The quantitative estimate of drug-likeness (QED) is 0.727. The molecule has 2 heterocycles.